The summed E-state index contributed by atoms with van der Waals surface area (Å²) in [6.07, 6.45) is 5.27. The van der Waals surface area contributed by atoms with Crippen molar-refractivity contribution in [3.05, 3.63) is 70.8 Å². The first-order chi connectivity index (χ1) is 14.2. The first-order valence-corrected chi connectivity index (χ1v) is 10.9. The van der Waals surface area contributed by atoms with E-state index < -0.39 is 5.97 Å². The Morgan fingerprint density at radius 3 is 1.80 bits per heavy atom. The number of hydrogen-bond donors (Lipinski definition) is 1. The zero-order chi connectivity index (χ0) is 22.3. The van der Waals surface area contributed by atoms with Gasteiger partial charge in [0.15, 0.2) is 5.78 Å². The van der Waals surface area contributed by atoms with E-state index in [1.54, 1.807) is 12.1 Å². The highest BCUT2D eigenvalue weighted by Gasteiger charge is 2.42. The number of ketones is 1. The summed E-state index contributed by atoms with van der Waals surface area (Å²) in [7, 11) is 0. The third-order valence-electron chi connectivity index (χ3n) is 6.33. The molecule has 1 fully saturated rings. The first kappa shape index (κ1) is 23.8. The molecule has 4 heteroatoms. The number of Topliss-reactive ketones (excluding diaryl/α,β-unsaturated/α-hetero) is 1. The number of rotatable bonds is 5. The standard InChI is InChI=1S/C17H22O3.C9H13N/c1-12(2)17(10-4-3-5-11-17)15(18)13-6-8-14(9-7-13)16(19)20;1-7-3-5-9(6-4-7)8(2)10/h6-9,12H,3-5,10-11H2,1-2H3,(H,19,20);3-6,8H,10H2,1-2H3/t;8-/m.0/s1. The lowest BCUT2D eigenvalue weighted by atomic mass is 9.63. The molecule has 0 unspecified atom stereocenters. The molecule has 0 heterocycles. The smallest absolute Gasteiger partial charge is 0.169 e. The van der Waals surface area contributed by atoms with Crippen LogP contribution in [0, 0.1) is 18.3 Å². The molecule has 30 heavy (non-hydrogen) atoms. The van der Waals surface area contributed by atoms with Crippen molar-refractivity contribution in [2.45, 2.75) is 65.8 Å². The summed E-state index contributed by atoms with van der Waals surface area (Å²) >= 11 is 0. The monoisotopic (exact) mass is 409 g/mol. The minimum atomic E-state index is -1.21. The Balaban J connectivity index is 0.000000269. The zero-order valence-electron chi connectivity index (χ0n) is 18.7. The number of quaternary nitrogens is 1. The maximum Gasteiger partial charge on any atom is 0.169 e. The zero-order valence-corrected chi connectivity index (χ0v) is 18.7. The second-order valence-corrected chi connectivity index (χ2v) is 8.88. The minimum Gasteiger partial charge on any atom is -0.545 e. The van der Waals surface area contributed by atoms with Crippen molar-refractivity contribution < 1.29 is 20.4 Å². The van der Waals surface area contributed by atoms with Crippen molar-refractivity contribution in [3.63, 3.8) is 0 Å². The Bertz CT molecular complexity index is 830. The lowest BCUT2D eigenvalue weighted by Gasteiger charge is -2.39. The fourth-order valence-corrected chi connectivity index (χ4v) is 4.19. The lowest BCUT2D eigenvalue weighted by Crippen LogP contribution is -2.51. The maximum absolute atomic E-state index is 12.9. The molecule has 1 saturated carbocycles. The quantitative estimate of drug-likeness (QED) is 0.753. The molecule has 2 aromatic carbocycles. The molecule has 0 aliphatic heterocycles. The van der Waals surface area contributed by atoms with Crippen LogP contribution < -0.4 is 10.8 Å². The maximum atomic E-state index is 12.9. The predicted octanol–water partition coefficient (Wildman–Crippen LogP) is 4.14. The number of aryl methyl sites for hydroxylation is 1. The predicted molar refractivity (Wildman–Crippen MR) is 118 cm³/mol. The number of carboxylic acid groups (broad SMARTS) is 1. The van der Waals surface area contributed by atoms with Crippen molar-refractivity contribution in [1.29, 1.82) is 0 Å². The van der Waals surface area contributed by atoms with Gasteiger partial charge in [0.1, 0.15) is 6.04 Å². The van der Waals surface area contributed by atoms with Gasteiger partial charge >= 0.3 is 0 Å². The van der Waals surface area contributed by atoms with Crippen LogP contribution in [-0.2, 0) is 0 Å². The molecule has 0 spiro atoms. The van der Waals surface area contributed by atoms with Gasteiger partial charge in [-0.25, -0.2) is 0 Å². The van der Waals surface area contributed by atoms with Gasteiger partial charge in [0.2, 0.25) is 0 Å². The molecule has 162 valence electrons. The molecule has 0 aromatic heterocycles. The van der Waals surface area contributed by atoms with Crippen LogP contribution in [0.25, 0.3) is 0 Å². The number of carboxylic acids is 1. The van der Waals surface area contributed by atoms with Gasteiger partial charge in [-0.05, 0) is 38.2 Å². The van der Waals surface area contributed by atoms with Gasteiger partial charge in [-0.15, -0.1) is 0 Å². The van der Waals surface area contributed by atoms with Crippen LogP contribution in [0.5, 0.6) is 0 Å². The number of carbonyl (C=O) groups is 2. The molecule has 0 bridgehead atoms. The van der Waals surface area contributed by atoms with E-state index in [9.17, 15) is 14.7 Å². The largest absolute Gasteiger partial charge is 0.545 e. The van der Waals surface area contributed by atoms with Crippen molar-refractivity contribution in [2.75, 3.05) is 0 Å². The molecule has 3 N–H and O–H groups in total. The summed E-state index contributed by atoms with van der Waals surface area (Å²) in [6, 6.07) is 15.1. The van der Waals surface area contributed by atoms with Gasteiger partial charge in [-0.2, -0.15) is 0 Å². The first-order valence-electron chi connectivity index (χ1n) is 10.9. The number of carbonyl (C=O) groups excluding carboxylic acids is 2. The van der Waals surface area contributed by atoms with Gasteiger partial charge < -0.3 is 15.6 Å². The van der Waals surface area contributed by atoms with E-state index in [0.717, 1.165) is 25.7 Å². The second-order valence-electron chi connectivity index (χ2n) is 8.88. The van der Waals surface area contributed by atoms with E-state index in [1.807, 2.05) is 0 Å². The van der Waals surface area contributed by atoms with Gasteiger partial charge in [0.25, 0.3) is 0 Å². The number of benzene rings is 2. The van der Waals surface area contributed by atoms with Crippen LogP contribution in [-0.4, -0.2) is 11.8 Å². The summed E-state index contributed by atoms with van der Waals surface area (Å²) in [5, 5.41) is 10.8. The van der Waals surface area contributed by atoms with Gasteiger partial charge in [-0.3, -0.25) is 4.79 Å². The van der Waals surface area contributed by atoms with Crippen molar-refractivity contribution in [2.24, 2.45) is 11.3 Å². The Morgan fingerprint density at radius 2 is 1.37 bits per heavy atom. The highest BCUT2D eigenvalue weighted by Crippen LogP contribution is 2.44. The summed E-state index contributed by atoms with van der Waals surface area (Å²) in [6.45, 7) is 8.42. The normalized spacial score (nSPS) is 16.3. The van der Waals surface area contributed by atoms with Crippen LogP contribution in [0.1, 0.15) is 90.8 Å². The Kier molecular flexibility index (Phi) is 8.36. The lowest BCUT2D eigenvalue weighted by molar-refractivity contribution is -0.420. The summed E-state index contributed by atoms with van der Waals surface area (Å²) in [4.78, 5) is 23.6. The van der Waals surface area contributed by atoms with Crippen molar-refractivity contribution in [1.82, 2.24) is 0 Å². The highest BCUT2D eigenvalue weighted by atomic mass is 16.4. The molecule has 1 aliphatic rings. The van der Waals surface area contributed by atoms with Crippen LogP contribution in [0.15, 0.2) is 48.5 Å². The highest BCUT2D eigenvalue weighted by molar-refractivity contribution is 6.01. The molecule has 1 atom stereocenters. The molecule has 3 rings (SSSR count). The topological polar surface area (TPSA) is 84.8 Å². The Morgan fingerprint density at radius 1 is 0.867 bits per heavy atom. The average Bonchev–Trinajstić information content (AvgIpc) is 2.74. The van der Waals surface area contributed by atoms with Gasteiger partial charge in [0.05, 0.1) is 5.97 Å². The SMILES string of the molecule is CC(C)C1(C(=O)c2ccc(C(=O)[O-])cc2)CCCCC1.Cc1ccc([C@H](C)[NH3+])cc1. The van der Waals surface area contributed by atoms with Crippen LogP contribution in [0.3, 0.4) is 0 Å². The van der Waals surface area contributed by atoms with E-state index in [2.05, 4.69) is 57.7 Å². The molecule has 4 nitrogen and oxygen atoms in total. The molecule has 2 aromatic rings. The van der Waals surface area contributed by atoms with E-state index in [0.29, 0.717) is 17.5 Å². The van der Waals surface area contributed by atoms with E-state index in [-0.39, 0.29) is 16.8 Å². The fraction of sp³-hybridized carbons (Fsp3) is 0.462. The molecular weight excluding hydrogens is 374 g/mol. The number of hydrogen-bond acceptors (Lipinski definition) is 3. The van der Waals surface area contributed by atoms with Gasteiger partial charge in [-0.1, -0.05) is 87.2 Å². The fourth-order valence-electron chi connectivity index (χ4n) is 4.19. The van der Waals surface area contributed by atoms with Crippen LogP contribution in [0.2, 0.25) is 0 Å². The summed E-state index contributed by atoms with van der Waals surface area (Å²) < 4.78 is 0. The average molecular weight is 410 g/mol. The number of aromatic carboxylic acids is 1. The van der Waals surface area contributed by atoms with E-state index in [4.69, 9.17) is 0 Å². The second kappa shape index (κ2) is 10.5. The molecule has 0 radical (unpaired) electrons. The van der Waals surface area contributed by atoms with Crippen LogP contribution in [0.4, 0.5) is 0 Å². The van der Waals surface area contributed by atoms with Crippen molar-refractivity contribution >= 4 is 11.8 Å². The van der Waals surface area contributed by atoms with E-state index >= 15 is 0 Å². The third-order valence-corrected chi connectivity index (χ3v) is 6.33. The Labute approximate surface area is 180 Å². The Hall–Kier alpha value is -2.46. The van der Waals surface area contributed by atoms with Gasteiger partial charge in [0, 0.05) is 16.5 Å². The van der Waals surface area contributed by atoms with Crippen LogP contribution >= 0.6 is 0 Å². The summed E-state index contributed by atoms with van der Waals surface area (Å²) in [5.74, 6) is -0.742. The molecule has 0 saturated heterocycles. The van der Waals surface area contributed by atoms with E-state index in [1.165, 1.54) is 29.7 Å². The summed E-state index contributed by atoms with van der Waals surface area (Å²) in [5.41, 5.74) is 7.01. The third kappa shape index (κ3) is 5.79. The minimum absolute atomic E-state index is 0.115. The molecule has 1 aliphatic carbocycles. The van der Waals surface area contributed by atoms with Crippen molar-refractivity contribution in [3.8, 4) is 0 Å². The molecule has 0 amide bonds. The molecular formula is C26H35NO3.